The lowest BCUT2D eigenvalue weighted by atomic mass is 9.81. The average Bonchev–Trinajstić information content (AvgIpc) is 3.12. The number of nitrogens with zero attached hydrogens (tertiary/aromatic N) is 1. The van der Waals surface area contributed by atoms with Crippen molar-refractivity contribution in [2.75, 3.05) is 19.6 Å². The lowest BCUT2D eigenvalue weighted by Crippen LogP contribution is -2.38. The van der Waals surface area contributed by atoms with Gasteiger partial charge in [0.1, 0.15) is 5.75 Å². The van der Waals surface area contributed by atoms with Gasteiger partial charge in [-0.05, 0) is 43.4 Å². The number of phenols is 1. The largest absolute Gasteiger partial charge is 0.507 e. The van der Waals surface area contributed by atoms with Crippen molar-refractivity contribution in [3.63, 3.8) is 0 Å². The third-order valence-corrected chi connectivity index (χ3v) is 5.67. The van der Waals surface area contributed by atoms with Gasteiger partial charge < -0.3 is 20.4 Å². The number of amides is 2. The van der Waals surface area contributed by atoms with Crippen molar-refractivity contribution in [1.29, 1.82) is 0 Å². The van der Waals surface area contributed by atoms with Crippen LogP contribution in [0.2, 0.25) is 0 Å². The van der Waals surface area contributed by atoms with Crippen molar-refractivity contribution in [1.82, 2.24) is 10.2 Å². The molecule has 1 aliphatic heterocycles. The van der Waals surface area contributed by atoms with Crippen LogP contribution in [0.5, 0.6) is 5.75 Å². The molecule has 3 rings (SSSR count). The summed E-state index contributed by atoms with van der Waals surface area (Å²) in [6, 6.07) is 4.78. The van der Waals surface area contributed by atoms with Crippen molar-refractivity contribution < 1.29 is 24.6 Å². The number of carboxylic acid groups (broad SMARTS) is 1. The van der Waals surface area contributed by atoms with Crippen molar-refractivity contribution in [2.24, 2.45) is 11.3 Å². The molecule has 1 aromatic rings. The van der Waals surface area contributed by atoms with E-state index in [4.69, 9.17) is 0 Å². The van der Waals surface area contributed by atoms with E-state index < -0.39 is 17.3 Å². The molecule has 0 spiro atoms. The van der Waals surface area contributed by atoms with Gasteiger partial charge in [-0.15, -0.1) is 0 Å². The normalized spacial score (nSPS) is 24.3. The fourth-order valence-corrected chi connectivity index (χ4v) is 4.20. The molecule has 1 saturated carbocycles. The van der Waals surface area contributed by atoms with Crippen LogP contribution in [0.25, 0.3) is 0 Å². The van der Waals surface area contributed by atoms with Gasteiger partial charge in [0.25, 0.3) is 5.91 Å². The van der Waals surface area contributed by atoms with Crippen molar-refractivity contribution in [2.45, 2.75) is 32.6 Å². The summed E-state index contributed by atoms with van der Waals surface area (Å²) in [5.41, 5.74) is 0.233. The number of aromatic hydroxyl groups is 1. The molecule has 0 bridgehead atoms. The number of phenolic OH excluding ortho intramolecular Hbond substituents is 1. The first-order chi connectivity index (χ1) is 12.3. The van der Waals surface area contributed by atoms with E-state index in [1.807, 2.05) is 6.92 Å². The zero-order valence-electron chi connectivity index (χ0n) is 14.8. The van der Waals surface area contributed by atoms with Crippen LogP contribution in [0.3, 0.4) is 0 Å². The Labute approximate surface area is 152 Å². The van der Waals surface area contributed by atoms with Crippen LogP contribution >= 0.6 is 0 Å². The number of hydrogen-bond donors (Lipinski definition) is 3. The van der Waals surface area contributed by atoms with E-state index in [0.29, 0.717) is 13.0 Å². The first-order valence-electron chi connectivity index (χ1n) is 8.92. The molecule has 1 saturated heterocycles. The molecular weight excluding hydrogens is 336 g/mol. The summed E-state index contributed by atoms with van der Waals surface area (Å²) in [4.78, 5) is 37.8. The molecule has 7 heteroatoms. The fourth-order valence-electron chi connectivity index (χ4n) is 4.20. The number of aryl methyl sites for hydroxylation is 1. The third-order valence-electron chi connectivity index (χ3n) is 5.67. The Kier molecular flexibility index (Phi) is 4.89. The molecule has 2 fully saturated rings. The van der Waals surface area contributed by atoms with Gasteiger partial charge in [0, 0.05) is 26.1 Å². The fraction of sp³-hybridized carbons (Fsp3) is 0.526. The van der Waals surface area contributed by atoms with E-state index in [9.17, 15) is 24.6 Å². The van der Waals surface area contributed by atoms with Gasteiger partial charge in [-0.1, -0.05) is 12.5 Å². The monoisotopic (exact) mass is 360 g/mol. The Hall–Kier alpha value is -2.57. The number of likely N-dealkylation sites (tertiary alicyclic amines) is 1. The number of carbonyl (C=O) groups is 3. The predicted molar refractivity (Wildman–Crippen MR) is 93.8 cm³/mol. The standard InChI is InChI=1S/C19H24N2O5/c1-12-4-5-14(15(22)9-12)17(24)20-8-6-16(23)21-10-13-3-2-7-19(13,11-21)18(25)26/h4-5,9,13,22H,2-3,6-8,10-11H2,1H3,(H,20,24)(H,25,26)/t13-,19+/m0/s1. The third kappa shape index (κ3) is 3.25. The van der Waals surface area contributed by atoms with Crippen LogP contribution in [-0.4, -0.2) is 52.5 Å². The van der Waals surface area contributed by atoms with E-state index in [2.05, 4.69) is 5.32 Å². The van der Waals surface area contributed by atoms with Crippen LogP contribution < -0.4 is 5.32 Å². The second kappa shape index (κ2) is 6.97. The van der Waals surface area contributed by atoms with Crippen molar-refractivity contribution in [3.05, 3.63) is 29.3 Å². The number of carbonyl (C=O) groups excluding carboxylic acids is 2. The number of hydrogen-bond acceptors (Lipinski definition) is 4. The number of aliphatic carboxylic acids is 1. The number of fused-ring (bicyclic) bond motifs is 1. The molecule has 140 valence electrons. The van der Waals surface area contributed by atoms with E-state index in [1.165, 1.54) is 6.07 Å². The van der Waals surface area contributed by atoms with Gasteiger partial charge in [0.2, 0.25) is 5.91 Å². The SMILES string of the molecule is Cc1ccc(C(=O)NCCC(=O)N2C[C@@H]3CCC[C@@]3(C(=O)O)C2)c(O)c1. The molecule has 1 aromatic carbocycles. The summed E-state index contributed by atoms with van der Waals surface area (Å²) >= 11 is 0. The second-order valence-electron chi connectivity index (χ2n) is 7.35. The van der Waals surface area contributed by atoms with Crippen LogP contribution in [0.1, 0.15) is 41.6 Å². The predicted octanol–water partition coefficient (Wildman–Crippen LogP) is 1.53. The highest BCUT2D eigenvalue weighted by molar-refractivity contribution is 5.97. The zero-order chi connectivity index (χ0) is 18.9. The molecule has 0 unspecified atom stereocenters. The molecule has 26 heavy (non-hydrogen) atoms. The Morgan fingerprint density at radius 2 is 2.12 bits per heavy atom. The first kappa shape index (κ1) is 18.2. The molecule has 2 aliphatic rings. The molecule has 2 atom stereocenters. The van der Waals surface area contributed by atoms with Gasteiger partial charge >= 0.3 is 5.97 Å². The minimum atomic E-state index is -0.807. The summed E-state index contributed by atoms with van der Waals surface area (Å²) in [7, 11) is 0. The smallest absolute Gasteiger partial charge is 0.311 e. The van der Waals surface area contributed by atoms with E-state index in [-0.39, 0.29) is 42.6 Å². The van der Waals surface area contributed by atoms with E-state index >= 15 is 0 Å². The molecule has 1 heterocycles. The lowest BCUT2D eigenvalue weighted by molar-refractivity contribution is -0.149. The van der Waals surface area contributed by atoms with Gasteiger partial charge in [-0.25, -0.2) is 0 Å². The van der Waals surface area contributed by atoms with E-state index in [0.717, 1.165) is 18.4 Å². The van der Waals surface area contributed by atoms with Gasteiger partial charge in [0.05, 0.1) is 11.0 Å². The van der Waals surface area contributed by atoms with Crippen LogP contribution in [-0.2, 0) is 9.59 Å². The average molecular weight is 360 g/mol. The number of benzene rings is 1. The number of carboxylic acids is 1. The molecular formula is C19H24N2O5. The molecule has 1 aliphatic carbocycles. The zero-order valence-corrected chi connectivity index (χ0v) is 14.8. The maximum absolute atomic E-state index is 12.4. The lowest BCUT2D eigenvalue weighted by Gasteiger charge is -2.23. The Bertz CT molecular complexity index is 747. The summed E-state index contributed by atoms with van der Waals surface area (Å²) in [6.07, 6.45) is 2.48. The molecule has 2 amide bonds. The highest BCUT2D eigenvalue weighted by Gasteiger charge is 2.55. The number of nitrogens with one attached hydrogen (secondary N) is 1. The van der Waals surface area contributed by atoms with Crippen LogP contribution in [0.15, 0.2) is 18.2 Å². The Morgan fingerprint density at radius 1 is 1.35 bits per heavy atom. The molecule has 3 N–H and O–H groups in total. The van der Waals surface area contributed by atoms with Gasteiger partial charge in [-0.3, -0.25) is 14.4 Å². The molecule has 0 radical (unpaired) electrons. The molecule has 7 nitrogen and oxygen atoms in total. The minimum absolute atomic E-state index is 0.0306. The highest BCUT2D eigenvalue weighted by atomic mass is 16.4. The molecule has 0 aromatic heterocycles. The van der Waals surface area contributed by atoms with Crippen LogP contribution in [0, 0.1) is 18.3 Å². The number of rotatable bonds is 5. The summed E-state index contributed by atoms with van der Waals surface area (Å²) in [5.74, 6) is -1.45. The Morgan fingerprint density at radius 3 is 2.77 bits per heavy atom. The van der Waals surface area contributed by atoms with E-state index in [1.54, 1.807) is 17.0 Å². The van der Waals surface area contributed by atoms with Crippen LogP contribution in [0.4, 0.5) is 0 Å². The minimum Gasteiger partial charge on any atom is -0.507 e. The van der Waals surface area contributed by atoms with Crippen molar-refractivity contribution in [3.8, 4) is 5.75 Å². The summed E-state index contributed by atoms with van der Waals surface area (Å²) in [6.45, 7) is 2.71. The maximum atomic E-state index is 12.4. The Balaban J connectivity index is 1.52. The second-order valence-corrected chi connectivity index (χ2v) is 7.35. The quantitative estimate of drug-likeness (QED) is 0.738. The van der Waals surface area contributed by atoms with Crippen molar-refractivity contribution >= 4 is 17.8 Å². The maximum Gasteiger partial charge on any atom is 0.311 e. The highest BCUT2D eigenvalue weighted by Crippen LogP contribution is 2.48. The summed E-state index contributed by atoms with van der Waals surface area (Å²) in [5, 5.41) is 22.0. The topological polar surface area (TPSA) is 107 Å². The van der Waals surface area contributed by atoms with Gasteiger partial charge in [0.15, 0.2) is 0 Å². The first-order valence-corrected chi connectivity index (χ1v) is 8.92. The summed E-state index contributed by atoms with van der Waals surface area (Å²) < 4.78 is 0. The van der Waals surface area contributed by atoms with Gasteiger partial charge in [-0.2, -0.15) is 0 Å².